The highest BCUT2D eigenvalue weighted by atomic mass is 16.5. The number of ether oxygens (including phenoxy) is 1. The van der Waals surface area contributed by atoms with Gasteiger partial charge >= 0.3 is 0 Å². The van der Waals surface area contributed by atoms with Gasteiger partial charge in [-0.2, -0.15) is 5.10 Å². The summed E-state index contributed by atoms with van der Waals surface area (Å²) >= 11 is 0. The fourth-order valence-electron chi connectivity index (χ4n) is 3.93. The Bertz CT molecular complexity index is 965. The van der Waals surface area contributed by atoms with E-state index in [1.165, 1.54) is 0 Å². The maximum Gasteiger partial charge on any atom is 0.227 e. The third-order valence-corrected chi connectivity index (χ3v) is 5.40. The lowest BCUT2D eigenvalue weighted by Gasteiger charge is -2.25. The summed E-state index contributed by atoms with van der Waals surface area (Å²) in [7, 11) is 1.64. The van der Waals surface area contributed by atoms with Crippen LogP contribution in [-0.2, 0) is 11.2 Å². The first-order chi connectivity index (χ1) is 13.7. The molecule has 1 atom stereocenters. The van der Waals surface area contributed by atoms with Crippen LogP contribution in [0.2, 0.25) is 0 Å². The number of benzene rings is 1. The molecular weight excluding hydrogens is 352 g/mol. The number of aromatic nitrogens is 3. The van der Waals surface area contributed by atoms with Crippen molar-refractivity contribution in [1.29, 1.82) is 0 Å². The van der Waals surface area contributed by atoms with Gasteiger partial charge in [0.2, 0.25) is 5.91 Å². The molecule has 1 N–H and O–H groups in total. The Morgan fingerprint density at radius 3 is 2.79 bits per heavy atom. The highest BCUT2D eigenvalue weighted by molar-refractivity contribution is 5.80. The Morgan fingerprint density at radius 1 is 1.21 bits per heavy atom. The monoisotopic (exact) mass is 376 g/mol. The number of carbonyl (C=O) groups is 1. The molecule has 3 heterocycles. The summed E-state index contributed by atoms with van der Waals surface area (Å²) in [5.74, 6) is 0.935. The molecule has 3 aromatic rings. The number of aryl methyl sites for hydroxylation is 1. The van der Waals surface area contributed by atoms with Gasteiger partial charge in [0.1, 0.15) is 5.75 Å². The molecule has 0 radical (unpaired) electrons. The molecule has 0 bridgehead atoms. The fraction of sp³-hybridized carbons (Fsp3) is 0.318. The van der Waals surface area contributed by atoms with Crippen molar-refractivity contribution >= 4 is 5.91 Å². The van der Waals surface area contributed by atoms with E-state index in [4.69, 9.17) is 4.74 Å². The van der Waals surface area contributed by atoms with E-state index >= 15 is 0 Å². The Hall–Kier alpha value is -3.15. The first-order valence-electron chi connectivity index (χ1n) is 9.54. The number of methoxy groups -OCH3 is 1. The lowest BCUT2D eigenvalue weighted by atomic mass is 9.98. The number of hydrogen-bond acceptors (Lipinski definition) is 4. The number of pyridine rings is 1. The normalized spacial score (nSPS) is 16.4. The highest BCUT2D eigenvalue weighted by Gasteiger charge is 2.32. The first kappa shape index (κ1) is 18.2. The third kappa shape index (κ3) is 3.50. The topological polar surface area (TPSA) is 71.1 Å². The molecule has 2 aromatic heterocycles. The number of nitrogens with one attached hydrogen (secondary N) is 1. The quantitative estimate of drug-likeness (QED) is 0.737. The van der Waals surface area contributed by atoms with Crippen molar-refractivity contribution in [3.8, 4) is 16.9 Å². The molecule has 0 unspecified atom stereocenters. The van der Waals surface area contributed by atoms with Crippen molar-refractivity contribution in [3.05, 3.63) is 65.7 Å². The summed E-state index contributed by atoms with van der Waals surface area (Å²) < 4.78 is 5.19. The van der Waals surface area contributed by atoms with Crippen molar-refractivity contribution < 1.29 is 9.53 Å². The minimum Gasteiger partial charge on any atom is -0.497 e. The maximum atomic E-state index is 13.0. The number of amides is 1. The Labute approximate surface area is 164 Å². The van der Waals surface area contributed by atoms with Gasteiger partial charge < -0.3 is 9.64 Å². The van der Waals surface area contributed by atoms with E-state index in [0.717, 1.165) is 53.1 Å². The zero-order chi connectivity index (χ0) is 19.5. The van der Waals surface area contributed by atoms with Gasteiger partial charge in [-0.3, -0.25) is 14.9 Å². The zero-order valence-electron chi connectivity index (χ0n) is 16.2. The summed E-state index contributed by atoms with van der Waals surface area (Å²) in [4.78, 5) is 19.2. The lowest BCUT2D eigenvalue weighted by molar-refractivity contribution is -0.131. The number of likely N-dealkylation sites (tertiary alicyclic amines) is 1. The van der Waals surface area contributed by atoms with Crippen LogP contribution >= 0.6 is 0 Å². The number of aromatic amines is 1. The second kappa shape index (κ2) is 7.84. The number of carbonyl (C=O) groups excluding carboxylic acids is 1. The van der Waals surface area contributed by atoms with Crippen LogP contribution in [0.1, 0.15) is 35.7 Å². The molecule has 4 rings (SSSR count). The van der Waals surface area contributed by atoms with Crippen LogP contribution in [0.5, 0.6) is 5.75 Å². The lowest BCUT2D eigenvalue weighted by Crippen LogP contribution is -2.32. The summed E-state index contributed by atoms with van der Waals surface area (Å²) in [6.45, 7) is 2.81. The SMILES string of the molecule is COc1ccc(CC(=O)N2CCC[C@H]2c2[nH]ncc2-c2ccncc2C)cc1. The second-order valence-corrected chi connectivity index (χ2v) is 7.16. The molecule has 6 nitrogen and oxygen atoms in total. The van der Waals surface area contributed by atoms with E-state index < -0.39 is 0 Å². The minimum absolute atomic E-state index is 0.0239. The number of H-pyrrole nitrogens is 1. The van der Waals surface area contributed by atoms with Gasteiger partial charge in [0.05, 0.1) is 31.5 Å². The maximum absolute atomic E-state index is 13.0. The molecule has 0 aliphatic carbocycles. The average molecular weight is 376 g/mol. The van der Waals surface area contributed by atoms with E-state index in [2.05, 4.69) is 15.2 Å². The van der Waals surface area contributed by atoms with Crippen LogP contribution < -0.4 is 4.74 Å². The summed E-state index contributed by atoms with van der Waals surface area (Å²) in [5, 5.41) is 7.44. The molecular formula is C22H24N4O2. The van der Waals surface area contributed by atoms with Crippen LogP contribution in [0.3, 0.4) is 0 Å². The van der Waals surface area contributed by atoms with Crippen LogP contribution in [-0.4, -0.2) is 39.6 Å². The fourth-order valence-corrected chi connectivity index (χ4v) is 3.93. The van der Waals surface area contributed by atoms with Gasteiger partial charge in [0, 0.05) is 24.5 Å². The van der Waals surface area contributed by atoms with Gasteiger partial charge in [-0.1, -0.05) is 12.1 Å². The highest BCUT2D eigenvalue weighted by Crippen LogP contribution is 2.37. The van der Waals surface area contributed by atoms with Crippen LogP contribution in [0.15, 0.2) is 48.9 Å². The Morgan fingerprint density at radius 2 is 2.04 bits per heavy atom. The van der Waals surface area contributed by atoms with Crippen LogP contribution in [0.25, 0.3) is 11.1 Å². The molecule has 1 aliphatic rings. The molecule has 1 saturated heterocycles. The van der Waals surface area contributed by atoms with E-state index in [9.17, 15) is 4.79 Å². The summed E-state index contributed by atoms with van der Waals surface area (Å²) in [5.41, 5.74) is 5.25. The Kier molecular flexibility index (Phi) is 5.10. The van der Waals surface area contributed by atoms with E-state index in [1.807, 2.05) is 54.5 Å². The van der Waals surface area contributed by atoms with Gasteiger partial charge in [-0.15, -0.1) is 0 Å². The van der Waals surface area contributed by atoms with Gasteiger partial charge in [-0.05, 0) is 54.7 Å². The standard InChI is InChI=1S/C22H24N4O2/c1-15-13-23-10-9-18(15)19-14-24-25-22(19)20-4-3-11-26(20)21(27)12-16-5-7-17(28-2)8-6-16/h5-10,13-14,20H,3-4,11-12H2,1-2H3,(H,24,25)/t20-/m0/s1. The predicted octanol–water partition coefficient (Wildman–Crippen LogP) is 3.69. The molecule has 144 valence electrons. The first-order valence-corrected chi connectivity index (χ1v) is 9.54. The molecule has 1 amide bonds. The van der Waals surface area contributed by atoms with Gasteiger partial charge in [0.25, 0.3) is 0 Å². The largest absolute Gasteiger partial charge is 0.497 e. The summed E-state index contributed by atoms with van der Waals surface area (Å²) in [6, 6.07) is 9.71. The van der Waals surface area contributed by atoms with E-state index in [1.54, 1.807) is 13.3 Å². The smallest absolute Gasteiger partial charge is 0.227 e. The molecule has 0 spiro atoms. The van der Waals surface area contributed by atoms with Crippen molar-refractivity contribution in [2.24, 2.45) is 0 Å². The molecule has 1 aliphatic heterocycles. The summed E-state index contributed by atoms with van der Waals surface area (Å²) in [6.07, 6.45) is 7.81. The van der Waals surface area contributed by atoms with Crippen LogP contribution in [0, 0.1) is 6.92 Å². The number of nitrogens with zero attached hydrogens (tertiary/aromatic N) is 3. The van der Waals surface area contributed by atoms with Crippen molar-refractivity contribution in [2.45, 2.75) is 32.2 Å². The van der Waals surface area contributed by atoms with Gasteiger partial charge in [-0.25, -0.2) is 0 Å². The zero-order valence-corrected chi connectivity index (χ0v) is 16.2. The van der Waals surface area contributed by atoms with E-state index in [-0.39, 0.29) is 11.9 Å². The second-order valence-electron chi connectivity index (χ2n) is 7.16. The molecule has 28 heavy (non-hydrogen) atoms. The van der Waals surface area contributed by atoms with Crippen LogP contribution in [0.4, 0.5) is 0 Å². The third-order valence-electron chi connectivity index (χ3n) is 5.40. The average Bonchev–Trinajstić information content (AvgIpc) is 3.38. The molecule has 0 saturated carbocycles. The minimum atomic E-state index is 0.0239. The van der Waals surface area contributed by atoms with E-state index in [0.29, 0.717) is 6.42 Å². The van der Waals surface area contributed by atoms with Gasteiger partial charge in [0.15, 0.2) is 0 Å². The number of rotatable bonds is 5. The Balaban J connectivity index is 1.56. The van der Waals surface area contributed by atoms with Crippen molar-refractivity contribution in [3.63, 3.8) is 0 Å². The molecule has 6 heteroatoms. The van der Waals surface area contributed by atoms with Crippen molar-refractivity contribution in [1.82, 2.24) is 20.1 Å². The molecule has 1 fully saturated rings. The molecule has 1 aromatic carbocycles. The number of hydrogen-bond donors (Lipinski definition) is 1. The van der Waals surface area contributed by atoms with Crippen molar-refractivity contribution in [2.75, 3.05) is 13.7 Å². The predicted molar refractivity (Wildman–Crippen MR) is 107 cm³/mol.